The zero-order valence-corrected chi connectivity index (χ0v) is 21.7. The monoisotopic (exact) mass is 563 g/mol. The van der Waals surface area contributed by atoms with Gasteiger partial charge in [0.15, 0.2) is 21.4 Å². The summed E-state index contributed by atoms with van der Waals surface area (Å²) in [4.78, 5) is 4.39. The summed E-state index contributed by atoms with van der Waals surface area (Å²) in [6, 6.07) is 6.90. The number of unbranched alkanes of at least 4 members (excludes halogenated alkanes) is 1. The van der Waals surface area contributed by atoms with Crippen molar-refractivity contribution in [2.24, 2.45) is 0 Å². The molecule has 1 aromatic heterocycles. The highest BCUT2D eigenvalue weighted by Crippen LogP contribution is 2.36. The summed E-state index contributed by atoms with van der Waals surface area (Å²) >= 11 is 12.3. The van der Waals surface area contributed by atoms with Gasteiger partial charge in [-0.05, 0) is 43.7 Å². The minimum absolute atomic E-state index is 0.166. The van der Waals surface area contributed by atoms with Crippen molar-refractivity contribution in [1.82, 2.24) is 9.88 Å². The molecule has 4 rings (SSSR count). The summed E-state index contributed by atoms with van der Waals surface area (Å²) in [7, 11) is -7.20. The number of nitrogens with one attached hydrogen (secondary N) is 2. The van der Waals surface area contributed by atoms with Gasteiger partial charge in [0.2, 0.25) is 0 Å². The second-order valence-electron chi connectivity index (χ2n) is 8.20. The zero-order chi connectivity index (χ0) is 25.2. The highest BCUT2D eigenvalue weighted by atomic mass is 35.5. The molecule has 8 nitrogen and oxygen atoms in total. The molecule has 13 heteroatoms. The number of rotatable bonds is 9. The standard InChI is InChI=1S/C22H24Cl2FN3O5S2/c23-15-6-7-17(22-20(15)16(24)14-26-22)27-35(31,32)19-5-3-4-18(21(19)25)33-11-2-1-8-28-9-12-34(29,30)13-10-28/h3-7,14,26-27H,1-2,8-13H2. The zero-order valence-electron chi connectivity index (χ0n) is 18.6. The SMILES string of the molecule is O=S1(=O)CCN(CCCCOc2cccc(S(=O)(=O)Nc3ccc(Cl)c4c(Cl)c[nH]c34)c2F)CC1. The lowest BCUT2D eigenvalue weighted by atomic mass is 10.2. The van der Waals surface area contributed by atoms with E-state index in [2.05, 4.69) is 14.6 Å². The van der Waals surface area contributed by atoms with E-state index < -0.39 is 30.6 Å². The molecule has 2 N–H and O–H groups in total. The van der Waals surface area contributed by atoms with Gasteiger partial charge in [0.05, 0.1) is 39.4 Å². The van der Waals surface area contributed by atoms with Crippen LogP contribution in [-0.2, 0) is 19.9 Å². The van der Waals surface area contributed by atoms with Crippen molar-refractivity contribution in [3.05, 3.63) is 52.4 Å². The molecule has 35 heavy (non-hydrogen) atoms. The Morgan fingerprint density at radius 1 is 1.09 bits per heavy atom. The number of aromatic nitrogens is 1. The van der Waals surface area contributed by atoms with Gasteiger partial charge in [-0.1, -0.05) is 29.3 Å². The predicted molar refractivity (Wildman–Crippen MR) is 135 cm³/mol. The Bertz CT molecular complexity index is 1430. The van der Waals surface area contributed by atoms with Crippen LogP contribution in [0, 0.1) is 5.82 Å². The molecular weight excluding hydrogens is 540 g/mol. The van der Waals surface area contributed by atoms with Crippen LogP contribution in [0.15, 0.2) is 41.4 Å². The van der Waals surface area contributed by atoms with Gasteiger partial charge in [0, 0.05) is 24.7 Å². The van der Waals surface area contributed by atoms with Crippen molar-refractivity contribution in [3.63, 3.8) is 0 Å². The van der Waals surface area contributed by atoms with E-state index in [-0.39, 0.29) is 29.5 Å². The predicted octanol–water partition coefficient (Wildman–Crippen LogP) is 4.30. The van der Waals surface area contributed by atoms with Gasteiger partial charge in [-0.15, -0.1) is 0 Å². The molecule has 0 spiro atoms. The van der Waals surface area contributed by atoms with Crippen LogP contribution < -0.4 is 9.46 Å². The second kappa shape index (κ2) is 10.5. The lowest BCUT2D eigenvalue weighted by molar-refractivity contribution is 0.256. The normalized spacial score (nSPS) is 16.4. The Hall–Kier alpha value is -2.05. The van der Waals surface area contributed by atoms with Crippen LogP contribution in [-0.4, -0.2) is 64.5 Å². The number of hydrogen-bond donors (Lipinski definition) is 2. The maximum absolute atomic E-state index is 15.1. The Morgan fingerprint density at radius 2 is 1.83 bits per heavy atom. The average Bonchev–Trinajstić information content (AvgIpc) is 3.20. The third-order valence-electron chi connectivity index (χ3n) is 5.76. The molecule has 190 valence electrons. The van der Waals surface area contributed by atoms with Crippen molar-refractivity contribution in [2.45, 2.75) is 17.7 Å². The number of ether oxygens (including phenoxy) is 1. The van der Waals surface area contributed by atoms with Gasteiger partial charge >= 0.3 is 0 Å². The average molecular weight is 564 g/mol. The van der Waals surface area contributed by atoms with E-state index >= 15 is 4.39 Å². The van der Waals surface area contributed by atoms with Crippen LogP contribution in [0.1, 0.15) is 12.8 Å². The van der Waals surface area contributed by atoms with Gasteiger partial charge in [-0.25, -0.2) is 21.2 Å². The maximum atomic E-state index is 15.1. The number of anilines is 1. The van der Waals surface area contributed by atoms with Crippen LogP contribution in [0.5, 0.6) is 5.75 Å². The third kappa shape index (κ3) is 6.03. The molecule has 0 amide bonds. The van der Waals surface area contributed by atoms with Gasteiger partial charge < -0.3 is 14.6 Å². The molecule has 0 bridgehead atoms. The van der Waals surface area contributed by atoms with Crippen molar-refractivity contribution in [1.29, 1.82) is 0 Å². The maximum Gasteiger partial charge on any atom is 0.265 e. The number of nitrogens with zero attached hydrogens (tertiary/aromatic N) is 1. The van der Waals surface area contributed by atoms with E-state index in [0.29, 0.717) is 40.5 Å². The molecule has 1 saturated heterocycles. The number of benzene rings is 2. The van der Waals surface area contributed by atoms with Gasteiger partial charge in [0.1, 0.15) is 4.90 Å². The summed E-state index contributed by atoms with van der Waals surface area (Å²) in [5, 5.41) is 1.14. The molecule has 3 aromatic rings. The van der Waals surface area contributed by atoms with Crippen LogP contribution >= 0.6 is 23.2 Å². The van der Waals surface area contributed by atoms with E-state index in [4.69, 9.17) is 27.9 Å². The molecule has 1 fully saturated rings. The molecule has 2 aromatic carbocycles. The number of aromatic amines is 1. The van der Waals surface area contributed by atoms with E-state index in [9.17, 15) is 16.8 Å². The van der Waals surface area contributed by atoms with Crippen molar-refractivity contribution in [3.8, 4) is 5.75 Å². The van der Waals surface area contributed by atoms with Gasteiger partial charge in [0.25, 0.3) is 10.0 Å². The molecule has 0 aliphatic carbocycles. The van der Waals surface area contributed by atoms with E-state index in [1.807, 2.05) is 0 Å². The number of fused-ring (bicyclic) bond motifs is 1. The van der Waals surface area contributed by atoms with Crippen molar-refractivity contribution in [2.75, 3.05) is 42.5 Å². The number of sulfonamides is 1. The summed E-state index contributed by atoms with van der Waals surface area (Å²) in [5.41, 5.74) is 0.553. The Kier molecular flexibility index (Phi) is 7.82. The van der Waals surface area contributed by atoms with E-state index in [1.165, 1.54) is 30.5 Å². The first kappa shape index (κ1) is 26.0. The van der Waals surface area contributed by atoms with Crippen LogP contribution in [0.25, 0.3) is 10.9 Å². The first-order valence-electron chi connectivity index (χ1n) is 10.9. The molecule has 1 aliphatic rings. The Morgan fingerprint density at radius 3 is 2.57 bits per heavy atom. The molecule has 0 saturated carbocycles. The second-order valence-corrected chi connectivity index (χ2v) is 13.0. The number of H-pyrrole nitrogens is 1. The molecular formula is C22H24Cl2FN3O5S2. The van der Waals surface area contributed by atoms with Crippen LogP contribution in [0.4, 0.5) is 10.1 Å². The fourth-order valence-electron chi connectivity index (χ4n) is 3.86. The highest BCUT2D eigenvalue weighted by Gasteiger charge is 2.24. The summed E-state index contributed by atoms with van der Waals surface area (Å²) < 4.78 is 71.9. The molecule has 2 heterocycles. The highest BCUT2D eigenvalue weighted by molar-refractivity contribution is 7.92. The lowest BCUT2D eigenvalue weighted by Gasteiger charge is -2.26. The molecule has 1 aliphatic heterocycles. The number of hydrogen-bond acceptors (Lipinski definition) is 6. The lowest BCUT2D eigenvalue weighted by Crippen LogP contribution is -2.40. The number of halogens is 3. The molecule has 0 unspecified atom stereocenters. The quantitative estimate of drug-likeness (QED) is 0.375. The van der Waals surface area contributed by atoms with E-state index in [0.717, 1.165) is 19.0 Å². The fraction of sp³-hybridized carbons (Fsp3) is 0.364. The Balaban J connectivity index is 1.38. The summed E-state index contributed by atoms with van der Waals surface area (Å²) in [6.07, 6.45) is 2.83. The summed E-state index contributed by atoms with van der Waals surface area (Å²) in [5.74, 6) is -0.817. The first-order chi connectivity index (χ1) is 16.6. The Labute approximate surface area is 213 Å². The topological polar surface area (TPSA) is 109 Å². The largest absolute Gasteiger partial charge is 0.490 e. The van der Waals surface area contributed by atoms with Crippen LogP contribution in [0.2, 0.25) is 10.0 Å². The van der Waals surface area contributed by atoms with E-state index in [1.54, 1.807) is 0 Å². The fourth-order valence-corrected chi connectivity index (χ4v) is 6.86. The molecule has 0 atom stereocenters. The number of sulfone groups is 1. The minimum Gasteiger partial charge on any atom is -0.490 e. The molecule has 0 radical (unpaired) electrons. The van der Waals surface area contributed by atoms with Gasteiger partial charge in [-0.2, -0.15) is 0 Å². The van der Waals surface area contributed by atoms with Gasteiger partial charge in [-0.3, -0.25) is 4.72 Å². The summed E-state index contributed by atoms with van der Waals surface area (Å²) in [6.45, 7) is 1.94. The smallest absolute Gasteiger partial charge is 0.265 e. The van der Waals surface area contributed by atoms with Crippen molar-refractivity contribution < 1.29 is 26.0 Å². The van der Waals surface area contributed by atoms with Crippen molar-refractivity contribution >= 4 is 59.7 Å². The minimum atomic E-state index is -4.29. The third-order valence-corrected chi connectivity index (χ3v) is 9.37. The van der Waals surface area contributed by atoms with Crippen LogP contribution in [0.3, 0.4) is 0 Å². The first-order valence-corrected chi connectivity index (χ1v) is 15.0.